The third-order valence-electron chi connectivity index (χ3n) is 2.13. The average Bonchev–Trinajstić information content (AvgIpc) is 2.50. The first-order valence-electron chi connectivity index (χ1n) is 3.87. The van der Waals surface area contributed by atoms with Crippen molar-refractivity contribution in [3.8, 4) is 0 Å². The van der Waals surface area contributed by atoms with Gasteiger partial charge in [-0.2, -0.15) is 0 Å². The van der Waals surface area contributed by atoms with E-state index in [4.69, 9.17) is 4.74 Å². The lowest BCUT2D eigenvalue weighted by Crippen LogP contribution is -2.08. The van der Waals surface area contributed by atoms with E-state index in [1.54, 1.807) is 18.4 Å². The summed E-state index contributed by atoms with van der Waals surface area (Å²) in [6, 6.07) is 0. The molecule has 0 fully saturated rings. The summed E-state index contributed by atoms with van der Waals surface area (Å²) in [5, 5.41) is 0. The van der Waals surface area contributed by atoms with Gasteiger partial charge in [-0.15, -0.1) is 11.3 Å². The lowest BCUT2D eigenvalue weighted by molar-refractivity contribution is 0.0908. The van der Waals surface area contributed by atoms with Crippen molar-refractivity contribution in [2.24, 2.45) is 0 Å². The Morgan fingerprint density at radius 1 is 1.73 bits per heavy atom. The van der Waals surface area contributed by atoms with E-state index in [2.05, 4.69) is 4.98 Å². The van der Waals surface area contributed by atoms with Gasteiger partial charge in [0.15, 0.2) is 0 Å². The van der Waals surface area contributed by atoms with Crippen LogP contribution in [0.15, 0.2) is 5.51 Å². The second-order valence-corrected chi connectivity index (χ2v) is 3.67. The minimum absolute atomic E-state index is 0.325. The van der Waals surface area contributed by atoms with Crippen molar-refractivity contribution in [3.63, 3.8) is 0 Å². The van der Waals surface area contributed by atoms with E-state index in [0.717, 1.165) is 12.8 Å². The van der Waals surface area contributed by atoms with E-state index >= 15 is 0 Å². The van der Waals surface area contributed by atoms with Crippen molar-refractivity contribution in [2.45, 2.75) is 25.4 Å². The van der Waals surface area contributed by atoms with E-state index in [1.807, 2.05) is 5.51 Å². The highest BCUT2D eigenvalue weighted by molar-refractivity contribution is 7.09. The molecule has 0 radical (unpaired) electrons. The normalized spacial score (nSPS) is 23.2. The topological polar surface area (TPSA) is 22.1 Å². The zero-order valence-corrected chi connectivity index (χ0v) is 7.36. The molecule has 1 aromatic rings. The second kappa shape index (κ2) is 2.91. The van der Waals surface area contributed by atoms with E-state index in [-0.39, 0.29) is 0 Å². The largest absolute Gasteiger partial charge is 0.376 e. The van der Waals surface area contributed by atoms with Crippen LogP contribution in [0.25, 0.3) is 0 Å². The summed E-state index contributed by atoms with van der Waals surface area (Å²) in [4.78, 5) is 5.64. The minimum Gasteiger partial charge on any atom is -0.376 e. The molecule has 60 valence electrons. The van der Waals surface area contributed by atoms with E-state index < -0.39 is 0 Å². The molecule has 2 rings (SSSR count). The van der Waals surface area contributed by atoms with Crippen LogP contribution >= 0.6 is 11.3 Å². The fourth-order valence-corrected chi connectivity index (χ4v) is 2.49. The first-order valence-corrected chi connectivity index (χ1v) is 4.75. The van der Waals surface area contributed by atoms with Crippen LogP contribution < -0.4 is 0 Å². The molecule has 1 unspecified atom stereocenters. The van der Waals surface area contributed by atoms with E-state index in [1.165, 1.54) is 17.0 Å². The van der Waals surface area contributed by atoms with Crippen LogP contribution in [-0.4, -0.2) is 12.1 Å². The molecule has 1 aliphatic carbocycles. The van der Waals surface area contributed by atoms with Gasteiger partial charge in [0.25, 0.3) is 0 Å². The average molecular weight is 169 g/mol. The molecule has 1 aliphatic rings. The zero-order chi connectivity index (χ0) is 7.68. The van der Waals surface area contributed by atoms with E-state index in [0.29, 0.717) is 6.10 Å². The summed E-state index contributed by atoms with van der Waals surface area (Å²) in [5.41, 5.74) is 3.18. The van der Waals surface area contributed by atoms with Gasteiger partial charge in [0.05, 0.1) is 22.2 Å². The molecule has 1 heterocycles. The van der Waals surface area contributed by atoms with Crippen LogP contribution in [0.2, 0.25) is 0 Å². The number of aryl methyl sites for hydroxylation is 1. The quantitative estimate of drug-likeness (QED) is 0.642. The second-order valence-electron chi connectivity index (χ2n) is 2.78. The van der Waals surface area contributed by atoms with Gasteiger partial charge >= 0.3 is 0 Å². The molecule has 1 aromatic heterocycles. The van der Waals surface area contributed by atoms with Crippen LogP contribution in [0, 0.1) is 0 Å². The van der Waals surface area contributed by atoms with Gasteiger partial charge < -0.3 is 4.74 Å². The first-order chi connectivity index (χ1) is 5.42. The summed E-state index contributed by atoms with van der Waals surface area (Å²) in [6.07, 6.45) is 3.84. The Morgan fingerprint density at radius 3 is 3.45 bits per heavy atom. The Morgan fingerprint density at radius 2 is 2.64 bits per heavy atom. The summed E-state index contributed by atoms with van der Waals surface area (Å²) < 4.78 is 5.35. The lowest BCUT2D eigenvalue weighted by atomic mass is 10.0. The standard InChI is InChI=1S/C8H11NOS/c1-10-7-4-2-3-6-8(7)11-5-9-6/h5,7H,2-4H2,1H3. The SMILES string of the molecule is COC1CCCc2ncsc21. The smallest absolute Gasteiger partial charge is 0.0932 e. The molecule has 11 heavy (non-hydrogen) atoms. The van der Waals surface area contributed by atoms with Gasteiger partial charge in [-0.3, -0.25) is 0 Å². The van der Waals surface area contributed by atoms with Crippen molar-refractivity contribution in [2.75, 3.05) is 7.11 Å². The number of hydrogen-bond donors (Lipinski definition) is 0. The number of methoxy groups -OCH3 is 1. The number of nitrogens with zero attached hydrogens (tertiary/aromatic N) is 1. The fourth-order valence-electron chi connectivity index (χ4n) is 1.54. The summed E-state index contributed by atoms with van der Waals surface area (Å²) in [5.74, 6) is 0. The summed E-state index contributed by atoms with van der Waals surface area (Å²) in [7, 11) is 1.78. The highest BCUT2D eigenvalue weighted by atomic mass is 32.1. The number of ether oxygens (including phenoxy) is 1. The van der Waals surface area contributed by atoms with Crippen molar-refractivity contribution in [1.29, 1.82) is 0 Å². The Hall–Kier alpha value is -0.410. The van der Waals surface area contributed by atoms with Crippen LogP contribution in [0.5, 0.6) is 0 Å². The first kappa shape index (κ1) is 7.25. The van der Waals surface area contributed by atoms with Crippen LogP contribution in [-0.2, 0) is 11.2 Å². The van der Waals surface area contributed by atoms with Gasteiger partial charge in [-0.1, -0.05) is 0 Å². The summed E-state index contributed by atoms with van der Waals surface area (Å²) in [6.45, 7) is 0. The maximum absolute atomic E-state index is 5.35. The maximum atomic E-state index is 5.35. The minimum atomic E-state index is 0.325. The van der Waals surface area contributed by atoms with Crippen molar-refractivity contribution in [3.05, 3.63) is 16.1 Å². The molecule has 0 saturated heterocycles. The highest BCUT2D eigenvalue weighted by Gasteiger charge is 2.21. The maximum Gasteiger partial charge on any atom is 0.0932 e. The molecule has 0 saturated carbocycles. The Kier molecular flexibility index (Phi) is 1.92. The Balaban J connectivity index is 2.32. The van der Waals surface area contributed by atoms with Crippen molar-refractivity contribution >= 4 is 11.3 Å². The molecule has 0 aliphatic heterocycles. The third kappa shape index (κ3) is 1.19. The van der Waals surface area contributed by atoms with Gasteiger partial charge in [0.2, 0.25) is 0 Å². The number of fused-ring (bicyclic) bond motifs is 1. The molecular formula is C8H11NOS. The number of hydrogen-bond acceptors (Lipinski definition) is 3. The molecule has 0 bridgehead atoms. The predicted octanol–water partition coefficient (Wildman–Crippen LogP) is 2.17. The van der Waals surface area contributed by atoms with Gasteiger partial charge in [-0.05, 0) is 19.3 Å². The molecule has 0 aromatic carbocycles. The number of aromatic nitrogens is 1. The molecule has 0 spiro atoms. The van der Waals surface area contributed by atoms with Crippen molar-refractivity contribution in [1.82, 2.24) is 4.98 Å². The van der Waals surface area contributed by atoms with Crippen LogP contribution in [0.3, 0.4) is 0 Å². The molecule has 0 N–H and O–H groups in total. The van der Waals surface area contributed by atoms with Crippen LogP contribution in [0.1, 0.15) is 29.5 Å². The molecule has 1 atom stereocenters. The van der Waals surface area contributed by atoms with Gasteiger partial charge in [0.1, 0.15) is 0 Å². The fraction of sp³-hybridized carbons (Fsp3) is 0.625. The predicted molar refractivity (Wildman–Crippen MR) is 44.8 cm³/mol. The van der Waals surface area contributed by atoms with Gasteiger partial charge in [-0.25, -0.2) is 4.98 Å². The molecule has 3 heteroatoms. The zero-order valence-electron chi connectivity index (χ0n) is 6.54. The highest BCUT2D eigenvalue weighted by Crippen LogP contribution is 2.33. The monoisotopic (exact) mass is 169 g/mol. The number of thiazole rings is 1. The summed E-state index contributed by atoms with van der Waals surface area (Å²) >= 11 is 1.72. The van der Waals surface area contributed by atoms with Crippen LogP contribution in [0.4, 0.5) is 0 Å². The third-order valence-corrected chi connectivity index (χ3v) is 3.09. The molecular weight excluding hydrogens is 158 g/mol. The Bertz CT molecular complexity index is 246. The van der Waals surface area contributed by atoms with E-state index in [9.17, 15) is 0 Å². The lowest BCUT2D eigenvalue weighted by Gasteiger charge is -2.19. The number of rotatable bonds is 1. The Labute approximate surface area is 70.2 Å². The molecule has 2 nitrogen and oxygen atoms in total. The van der Waals surface area contributed by atoms with Crippen molar-refractivity contribution < 1.29 is 4.74 Å². The van der Waals surface area contributed by atoms with Gasteiger partial charge in [0, 0.05) is 7.11 Å². The molecule has 0 amide bonds.